The van der Waals surface area contributed by atoms with Crippen molar-refractivity contribution in [3.8, 4) is 0 Å². The van der Waals surface area contributed by atoms with Crippen LogP contribution in [0.3, 0.4) is 0 Å². The van der Waals surface area contributed by atoms with Gasteiger partial charge in [-0.1, -0.05) is 30.3 Å². The second-order valence-corrected chi connectivity index (χ2v) is 12.1. The molecule has 2 N–H and O–H groups in total. The molecular formula is C35H40N8O3. The molecule has 0 saturated carbocycles. The minimum absolute atomic E-state index is 0.00974. The Balaban J connectivity index is 1.04. The second kappa shape index (κ2) is 13.1. The number of hydrogen-bond donors (Lipinski definition) is 2. The van der Waals surface area contributed by atoms with Gasteiger partial charge < -0.3 is 25.3 Å². The molecule has 6 rings (SSSR count). The minimum Gasteiger partial charge on any atom is -0.345 e. The van der Waals surface area contributed by atoms with Gasteiger partial charge in [0.25, 0.3) is 11.8 Å². The molecule has 0 aliphatic carbocycles. The van der Waals surface area contributed by atoms with E-state index in [0.29, 0.717) is 37.3 Å². The molecular weight excluding hydrogens is 580 g/mol. The number of hydrogen-bond acceptors (Lipinski definition) is 6. The van der Waals surface area contributed by atoms with Gasteiger partial charge in [0.2, 0.25) is 0 Å². The first-order valence-electron chi connectivity index (χ1n) is 15.5. The fourth-order valence-electron chi connectivity index (χ4n) is 6.03. The van der Waals surface area contributed by atoms with E-state index in [4.69, 9.17) is 0 Å². The van der Waals surface area contributed by atoms with E-state index in [0.717, 1.165) is 59.1 Å². The van der Waals surface area contributed by atoms with Gasteiger partial charge in [-0.2, -0.15) is 5.10 Å². The smallest absolute Gasteiger partial charge is 0.317 e. The summed E-state index contributed by atoms with van der Waals surface area (Å²) in [5.74, 6) is 0.762. The molecule has 0 spiro atoms. The first-order chi connectivity index (χ1) is 22.2. The van der Waals surface area contributed by atoms with Gasteiger partial charge in [0.1, 0.15) is 5.82 Å². The monoisotopic (exact) mass is 620 g/mol. The zero-order valence-electron chi connectivity index (χ0n) is 26.8. The maximum absolute atomic E-state index is 13.9. The number of urea groups is 1. The van der Waals surface area contributed by atoms with Crippen LogP contribution in [-0.2, 0) is 26.7 Å². The van der Waals surface area contributed by atoms with E-state index in [9.17, 15) is 14.4 Å². The Morgan fingerprint density at radius 2 is 1.72 bits per heavy atom. The summed E-state index contributed by atoms with van der Waals surface area (Å²) in [6, 6.07) is 21.1. The van der Waals surface area contributed by atoms with E-state index < -0.39 is 0 Å². The number of amides is 4. The molecule has 2 aliphatic rings. The van der Waals surface area contributed by atoms with Crippen molar-refractivity contribution in [2.45, 2.75) is 26.6 Å². The Morgan fingerprint density at radius 3 is 2.48 bits per heavy atom. The van der Waals surface area contributed by atoms with E-state index >= 15 is 0 Å². The van der Waals surface area contributed by atoms with Gasteiger partial charge in [0.05, 0.1) is 24.1 Å². The Kier molecular flexibility index (Phi) is 8.76. The lowest BCUT2D eigenvalue weighted by Crippen LogP contribution is -2.51. The predicted octanol–water partition coefficient (Wildman–Crippen LogP) is 4.36. The number of rotatable bonds is 6. The van der Waals surface area contributed by atoms with Crippen molar-refractivity contribution in [1.29, 1.82) is 0 Å². The van der Waals surface area contributed by atoms with Crippen LogP contribution in [0.15, 0.2) is 72.9 Å². The number of anilines is 3. The van der Waals surface area contributed by atoms with Crippen LogP contribution in [0.2, 0.25) is 0 Å². The standard InChI is InChI=1S/C35H40N8O3/c1-24-18-27(34(45)43-23-29-21-37-40(4)32(29)38-30-10-5-6-11-31(30)43)12-13-28(24)20-36-35(46)42-16-14-41(15-17-42)22-25-8-7-9-26(19-25)33(44)39(2)3/h5-13,18-19,21,38H,14-17,20,22-23H2,1-4H3,(H,36,46). The van der Waals surface area contributed by atoms with Crippen molar-refractivity contribution in [1.82, 2.24) is 29.8 Å². The van der Waals surface area contributed by atoms with Crippen LogP contribution in [0.25, 0.3) is 0 Å². The van der Waals surface area contributed by atoms with Crippen molar-refractivity contribution in [3.63, 3.8) is 0 Å². The Labute approximate surface area is 269 Å². The summed E-state index contributed by atoms with van der Waals surface area (Å²) < 4.78 is 1.78. The molecule has 0 bridgehead atoms. The molecule has 1 aromatic heterocycles. The molecule has 46 heavy (non-hydrogen) atoms. The van der Waals surface area contributed by atoms with Crippen molar-refractivity contribution in [3.05, 3.63) is 106 Å². The summed E-state index contributed by atoms with van der Waals surface area (Å²) in [4.78, 5) is 46.7. The third-order valence-corrected chi connectivity index (χ3v) is 8.70. The molecule has 0 unspecified atom stereocenters. The molecule has 11 nitrogen and oxygen atoms in total. The minimum atomic E-state index is -0.0986. The summed E-state index contributed by atoms with van der Waals surface area (Å²) >= 11 is 0. The normalized spacial score (nSPS) is 14.5. The number of carbonyl (C=O) groups is 3. The quantitative estimate of drug-likeness (QED) is 0.332. The van der Waals surface area contributed by atoms with Crippen LogP contribution in [-0.4, -0.2) is 82.6 Å². The molecule has 4 aromatic rings. The highest BCUT2D eigenvalue weighted by molar-refractivity contribution is 6.08. The topological polar surface area (TPSA) is 106 Å². The van der Waals surface area contributed by atoms with Crippen LogP contribution in [0.4, 0.5) is 22.0 Å². The summed E-state index contributed by atoms with van der Waals surface area (Å²) in [5.41, 5.74) is 6.85. The molecule has 1 fully saturated rings. The third-order valence-electron chi connectivity index (χ3n) is 8.70. The molecule has 4 amide bonds. The number of nitrogens with one attached hydrogen (secondary N) is 2. The number of fused-ring (bicyclic) bond motifs is 2. The fourth-order valence-corrected chi connectivity index (χ4v) is 6.03. The average molecular weight is 621 g/mol. The second-order valence-electron chi connectivity index (χ2n) is 12.1. The van der Waals surface area contributed by atoms with E-state index in [1.54, 1.807) is 34.8 Å². The Morgan fingerprint density at radius 1 is 0.935 bits per heavy atom. The van der Waals surface area contributed by atoms with Crippen molar-refractivity contribution in [2.75, 3.05) is 50.5 Å². The van der Waals surface area contributed by atoms with E-state index in [2.05, 4.69) is 20.6 Å². The van der Waals surface area contributed by atoms with Crippen LogP contribution in [0.1, 0.15) is 43.0 Å². The fraction of sp³-hybridized carbons (Fsp3) is 0.314. The van der Waals surface area contributed by atoms with Crippen LogP contribution in [0, 0.1) is 6.92 Å². The lowest BCUT2D eigenvalue weighted by molar-refractivity contribution is 0.0826. The van der Waals surface area contributed by atoms with Crippen LogP contribution in [0.5, 0.6) is 0 Å². The summed E-state index contributed by atoms with van der Waals surface area (Å²) in [7, 11) is 5.39. The van der Waals surface area contributed by atoms with Gasteiger partial charge in [0, 0.05) is 77.1 Å². The number of piperazine rings is 1. The lowest BCUT2D eigenvalue weighted by Gasteiger charge is -2.34. The first-order valence-corrected chi connectivity index (χ1v) is 15.5. The van der Waals surface area contributed by atoms with Gasteiger partial charge in [-0.3, -0.25) is 19.2 Å². The highest BCUT2D eigenvalue weighted by Crippen LogP contribution is 2.36. The predicted molar refractivity (Wildman–Crippen MR) is 178 cm³/mol. The molecule has 3 aromatic carbocycles. The molecule has 3 heterocycles. The Bertz CT molecular complexity index is 1770. The van der Waals surface area contributed by atoms with Crippen LogP contribution < -0.4 is 15.5 Å². The van der Waals surface area contributed by atoms with Crippen LogP contribution >= 0.6 is 0 Å². The number of nitrogens with zero attached hydrogens (tertiary/aromatic N) is 6. The molecule has 0 atom stereocenters. The molecule has 1 saturated heterocycles. The molecule has 2 aliphatic heterocycles. The largest absolute Gasteiger partial charge is 0.345 e. The van der Waals surface area contributed by atoms with E-state index in [1.165, 1.54) is 0 Å². The van der Waals surface area contributed by atoms with Gasteiger partial charge in [-0.15, -0.1) is 0 Å². The lowest BCUT2D eigenvalue weighted by atomic mass is 10.0. The van der Waals surface area contributed by atoms with E-state index in [1.807, 2.05) is 85.6 Å². The third kappa shape index (κ3) is 6.45. The zero-order valence-corrected chi connectivity index (χ0v) is 26.8. The maximum Gasteiger partial charge on any atom is 0.317 e. The summed E-state index contributed by atoms with van der Waals surface area (Å²) in [5, 5.41) is 10.9. The Hall–Kier alpha value is -5.16. The highest BCUT2D eigenvalue weighted by atomic mass is 16.2. The number of carbonyl (C=O) groups excluding carboxylic acids is 3. The maximum atomic E-state index is 13.9. The van der Waals surface area contributed by atoms with Crippen molar-refractivity contribution >= 4 is 35.0 Å². The van der Waals surface area contributed by atoms with E-state index in [-0.39, 0.29) is 17.8 Å². The van der Waals surface area contributed by atoms with Crippen molar-refractivity contribution < 1.29 is 14.4 Å². The zero-order chi connectivity index (χ0) is 32.4. The van der Waals surface area contributed by atoms with Gasteiger partial charge in [0.15, 0.2) is 0 Å². The average Bonchev–Trinajstić information content (AvgIpc) is 3.30. The number of aryl methyl sites for hydroxylation is 2. The van der Waals surface area contributed by atoms with Gasteiger partial charge in [-0.05, 0) is 60.0 Å². The highest BCUT2D eigenvalue weighted by Gasteiger charge is 2.27. The SMILES string of the molecule is Cc1cc(C(=O)N2Cc3cnn(C)c3Nc3ccccc32)ccc1CNC(=O)N1CCN(Cc2cccc(C(=O)N(C)C)c2)CC1. The van der Waals surface area contributed by atoms with Crippen molar-refractivity contribution in [2.24, 2.45) is 7.05 Å². The molecule has 11 heteroatoms. The summed E-state index contributed by atoms with van der Waals surface area (Å²) in [6.45, 7) is 6.24. The van der Waals surface area contributed by atoms with Gasteiger partial charge in [-0.25, -0.2) is 4.79 Å². The molecule has 0 radical (unpaired) electrons. The first kappa shape index (κ1) is 30.8. The summed E-state index contributed by atoms with van der Waals surface area (Å²) in [6.07, 6.45) is 1.79. The van der Waals surface area contributed by atoms with Gasteiger partial charge >= 0.3 is 6.03 Å². The number of benzene rings is 3. The molecule has 238 valence electrons. The number of para-hydroxylation sites is 2. The number of aromatic nitrogens is 2.